The highest BCUT2D eigenvalue weighted by atomic mass is 19.1. The van der Waals surface area contributed by atoms with Crippen LogP contribution in [0.15, 0.2) is 18.2 Å². The molecule has 0 amide bonds. The van der Waals surface area contributed by atoms with Crippen LogP contribution in [0.2, 0.25) is 0 Å². The SMILES string of the molecule is C[C@@H]1CN(CCN(C)c2ccc(F)cc2C#N)C[C@H](C)O1. The summed E-state index contributed by atoms with van der Waals surface area (Å²) in [5.41, 5.74) is 1.15. The maximum atomic E-state index is 13.2. The number of hydrogen-bond acceptors (Lipinski definition) is 4. The summed E-state index contributed by atoms with van der Waals surface area (Å²) < 4.78 is 18.9. The highest BCUT2D eigenvalue weighted by molar-refractivity contribution is 5.58. The minimum atomic E-state index is -0.375. The van der Waals surface area contributed by atoms with Gasteiger partial charge in [0.05, 0.1) is 23.5 Å². The Bertz CT molecular complexity index is 519. The van der Waals surface area contributed by atoms with Gasteiger partial charge in [-0.3, -0.25) is 4.90 Å². The lowest BCUT2D eigenvalue weighted by Crippen LogP contribution is -2.47. The molecule has 1 aromatic rings. The molecule has 2 rings (SSSR count). The summed E-state index contributed by atoms with van der Waals surface area (Å²) in [5, 5.41) is 9.11. The molecule has 1 fully saturated rings. The first-order chi connectivity index (χ1) is 9.99. The molecule has 1 aliphatic rings. The van der Waals surface area contributed by atoms with Crippen molar-refractivity contribution in [3.63, 3.8) is 0 Å². The third-order valence-corrected chi connectivity index (χ3v) is 3.74. The molecule has 0 spiro atoms. The van der Waals surface area contributed by atoms with Gasteiger partial charge >= 0.3 is 0 Å². The molecule has 2 atom stereocenters. The first kappa shape index (κ1) is 15.7. The van der Waals surface area contributed by atoms with Gasteiger partial charge in [-0.15, -0.1) is 0 Å². The van der Waals surface area contributed by atoms with E-state index in [0.29, 0.717) is 5.56 Å². The lowest BCUT2D eigenvalue weighted by Gasteiger charge is -2.36. The fourth-order valence-electron chi connectivity index (χ4n) is 2.81. The first-order valence-corrected chi connectivity index (χ1v) is 7.28. The fourth-order valence-corrected chi connectivity index (χ4v) is 2.81. The Morgan fingerprint density at radius 2 is 2.05 bits per heavy atom. The fraction of sp³-hybridized carbons (Fsp3) is 0.562. The van der Waals surface area contributed by atoms with Crippen molar-refractivity contribution in [3.05, 3.63) is 29.6 Å². The van der Waals surface area contributed by atoms with Crippen LogP contribution in [0.25, 0.3) is 0 Å². The van der Waals surface area contributed by atoms with Gasteiger partial charge in [-0.05, 0) is 32.0 Å². The number of likely N-dealkylation sites (N-methyl/N-ethyl adjacent to an activating group) is 1. The third kappa shape index (κ3) is 4.16. The molecule has 1 heterocycles. The second-order valence-corrected chi connectivity index (χ2v) is 5.71. The summed E-state index contributed by atoms with van der Waals surface area (Å²) >= 11 is 0. The van der Waals surface area contributed by atoms with Gasteiger partial charge in [-0.2, -0.15) is 5.26 Å². The van der Waals surface area contributed by atoms with E-state index in [4.69, 9.17) is 10.00 Å². The van der Waals surface area contributed by atoms with Crippen molar-refractivity contribution in [1.29, 1.82) is 5.26 Å². The lowest BCUT2D eigenvalue weighted by molar-refractivity contribution is -0.0670. The molecule has 4 nitrogen and oxygen atoms in total. The van der Waals surface area contributed by atoms with Gasteiger partial charge in [-0.1, -0.05) is 0 Å². The van der Waals surface area contributed by atoms with Gasteiger partial charge in [0.15, 0.2) is 0 Å². The number of hydrogen-bond donors (Lipinski definition) is 0. The van der Waals surface area contributed by atoms with Crippen LogP contribution in [0.1, 0.15) is 19.4 Å². The average Bonchev–Trinajstić information content (AvgIpc) is 2.43. The molecule has 0 aliphatic carbocycles. The average molecular weight is 291 g/mol. The quantitative estimate of drug-likeness (QED) is 0.853. The Labute approximate surface area is 125 Å². The minimum absolute atomic E-state index is 0.250. The zero-order chi connectivity index (χ0) is 15.4. The molecule has 0 saturated carbocycles. The van der Waals surface area contributed by atoms with Gasteiger partial charge in [0.2, 0.25) is 0 Å². The molecule has 0 radical (unpaired) electrons. The molecular formula is C16H22FN3O. The van der Waals surface area contributed by atoms with Crippen molar-refractivity contribution in [2.75, 3.05) is 38.1 Å². The topological polar surface area (TPSA) is 39.5 Å². The summed E-state index contributed by atoms with van der Waals surface area (Å²) in [6, 6.07) is 6.40. The predicted octanol–water partition coefficient (Wildman–Crippen LogP) is 2.24. The number of halogens is 1. The molecule has 0 unspecified atom stereocenters. The van der Waals surface area contributed by atoms with Crippen molar-refractivity contribution in [1.82, 2.24) is 4.90 Å². The van der Waals surface area contributed by atoms with Crippen molar-refractivity contribution < 1.29 is 9.13 Å². The number of benzene rings is 1. The monoisotopic (exact) mass is 291 g/mol. The number of ether oxygens (including phenoxy) is 1. The summed E-state index contributed by atoms with van der Waals surface area (Å²) in [6.07, 6.45) is 0.499. The molecular weight excluding hydrogens is 269 g/mol. The van der Waals surface area contributed by atoms with Gasteiger partial charge in [0, 0.05) is 33.2 Å². The maximum absolute atomic E-state index is 13.2. The van der Waals surface area contributed by atoms with Crippen LogP contribution in [0.5, 0.6) is 0 Å². The Hall–Kier alpha value is -1.64. The Morgan fingerprint density at radius 3 is 2.67 bits per heavy atom. The van der Waals surface area contributed by atoms with E-state index in [0.717, 1.165) is 31.9 Å². The molecule has 114 valence electrons. The molecule has 1 aromatic carbocycles. The van der Waals surface area contributed by atoms with Crippen LogP contribution < -0.4 is 4.90 Å². The number of nitriles is 1. The molecule has 0 aromatic heterocycles. The van der Waals surface area contributed by atoms with Crippen molar-refractivity contribution >= 4 is 5.69 Å². The second kappa shape index (κ2) is 6.88. The first-order valence-electron chi connectivity index (χ1n) is 7.28. The molecule has 5 heteroatoms. The molecule has 21 heavy (non-hydrogen) atoms. The van der Waals surface area contributed by atoms with E-state index < -0.39 is 0 Å². The number of anilines is 1. The van der Waals surface area contributed by atoms with Gasteiger partial charge in [-0.25, -0.2) is 4.39 Å². The van der Waals surface area contributed by atoms with E-state index >= 15 is 0 Å². The Balaban J connectivity index is 1.96. The highest BCUT2D eigenvalue weighted by Crippen LogP contribution is 2.20. The van der Waals surface area contributed by atoms with Gasteiger partial charge in [0.25, 0.3) is 0 Å². The van der Waals surface area contributed by atoms with E-state index in [9.17, 15) is 4.39 Å². The standard InChI is InChI=1S/C16H22FN3O/c1-12-10-20(11-13(2)21-12)7-6-19(3)16-5-4-15(17)8-14(16)9-18/h4-5,8,12-13H,6-7,10-11H2,1-3H3/t12-,13+. The summed E-state index contributed by atoms with van der Waals surface area (Å²) in [4.78, 5) is 4.37. The number of morpholine rings is 1. The van der Waals surface area contributed by atoms with E-state index in [-0.39, 0.29) is 18.0 Å². The van der Waals surface area contributed by atoms with E-state index in [1.165, 1.54) is 12.1 Å². The van der Waals surface area contributed by atoms with Crippen LogP contribution in [-0.4, -0.2) is 50.3 Å². The third-order valence-electron chi connectivity index (χ3n) is 3.74. The van der Waals surface area contributed by atoms with E-state index in [2.05, 4.69) is 24.8 Å². The minimum Gasteiger partial charge on any atom is -0.373 e. The summed E-state index contributed by atoms with van der Waals surface area (Å²) in [5.74, 6) is -0.375. The van der Waals surface area contributed by atoms with Crippen LogP contribution >= 0.6 is 0 Å². The van der Waals surface area contributed by atoms with Crippen molar-refractivity contribution in [2.45, 2.75) is 26.1 Å². The van der Waals surface area contributed by atoms with Crippen LogP contribution in [-0.2, 0) is 4.74 Å². The zero-order valence-corrected chi connectivity index (χ0v) is 12.8. The van der Waals surface area contributed by atoms with Gasteiger partial charge < -0.3 is 9.64 Å². The van der Waals surface area contributed by atoms with E-state index in [1.54, 1.807) is 6.07 Å². The molecule has 0 bridgehead atoms. The van der Waals surface area contributed by atoms with Crippen LogP contribution in [0.3, 0.4) is 0 Å². The normalized spacial score (nSPS) is 22.8. The zero-order valence-electron chi connectivity index (χ0n) is 12.8. The Morgan fingerprint density at radius 1 is 1.38 bits per heavy atom. The molecule has 1 saturated heterocycles. The van der Waals surface area contributed by atoms with Crippen molar-refractivity contribution in [2.24, 2.45) is 0 Å². The van der Waals surface area contributed by atoms with Crippen LogP contribution in [0.4, 0.5) is 10.1 Å². The Kier molecular flexibility index (Phi) is 5.16. The smallest absolute Gasteiger partial charge is 0.124 e. The lowest BCUT2D eigenvalue weighted by atomic mass is 10.1. The highest BCUT2D eigenvalue weighted by Gasteiger charge is 2.22. The number of nitrogens with zero attached hydrogens (tertiary/aromatic N) is 3. The summed E-state index contributed by atoms with van der Waals surface area (Å²) in [6.45, 7) is 7.70. The molecule has 0 N–H and O–H groups in total. The van der Waals surface area contributed by atoms with Gasteiger partial charge in [0.1, 0.15) is 11.9 Å². The van der Waals surface area contributed by atoms with Crippen LogP contribution in [0, 0.1) is 17.1 Å². The largest absolute Gasteiger partial charge is 0.373 e. The van der Waals surface area contributed by atoms with Crippen molar-refractivity contribution in [3.8, 4) is 6.07 Å². The maximum Gasteiger partial charge on any atom is 0.124 e. The number of rotatable bonds is 4. The predicted molar refractivity (Wildman–Crippen MR) is 80.8 cm³/mol. The second-order valence-electron chi connectivity index (χ2n) is 5.71. The van der Waals surface area contributed by atoms with E-state index in [1.807, 2.05) is 11.9 Å². The summed E-state index contributed by atoms with van der Waals surface area (Å²) in [7, 11) is 1.93. The molecule has 1 aliphatic heterocycles.